The maximum absolute atomic E-state index is 12.9. The Morgan fingerprint density at radius 3 is 2.65 bits per heavy atom. The van der Waals surface area contributed by atoms with Crippen molar-refractivity contribution in [2.45, 2.75) is 19.3 Å². The van der Waals surface area contributed by atoms with E-state index in [4.69, 9.17) is 4.42 Å². The van der Waals surface area contributed by atoms with Crippen molar-refractivity contribution in [3.05, 3.63) is 42.0 Å². The van der Waals surface area contributed by atoms with Gasteiger partial charge in [-0.3, -0.25) is 4.79 Å². The van der Waals surface area contributed by atoms with E-state index in [1.54, 1.807) is 4.90 Å². The third-order valence-electron chi connectivity index (χ3n) is 3.80. The molecule has 1 aromatic heterocycles. The Hall–Kier alpha value is -2.31. The number of rotatable bonds is 5. The summed E-state index contributed by atoms with van der Waals surface area (Å²) in [6.45, 7) is 0.734. The lowest BCUT2D eigenvalue weighted by atomic mass is 9.96. The molecule has 0 saturated carbocycles. The molecule has 2 aromatic rings. The summed E-state index contributed by atoms with van der Waals surface area (Å²) in [5.41, 5.74) is 1.08. The van der Waals surface area contributed by atoms with E-state index in [9.17, 15) is 18.0 Å². The molecule has 4 nitrogen and oxygen atoms in total. The number of oxazole rings is 1. The molecule has 7 heteroatoms. The quantitative estimate of drug-likeness (QED) is 0.849. The van der Waals surface area contributed by atoms with E-state index in [1.807, 2.05) is 0 Å². The Bertz CT molecular complexity index is 679. The number of alkyl halides is 2. The molecular weight excluding hydrogens is 309 g/mol. The highest BCUT2D eigenvalue weighted by atomic mass is 19.3. The summed E-state index contributed by atoms with van der Waals surface area (Å²) >= 11 is 0. The van der Waals surface area contributed by atoms with E-state index < -0.39 is 6.43 Å². The fourth-order valence-electron chi connectivity index (χ4n) is 2.55. The molecule has 122 valence electrons. The van der Waals surface area contributed by atoms with Gasteiger partial charge in [-0.2, -0.15) is 0 Å². The van der Waals surface area contributed by atoms with Crippen LogP contribution in [0.4, 0.5) is 13.2 Å². The molecule has 1 saturated heterocycles. The summed E-state index contributed by atoms with van der Waals surface area (Å²) in [6.07, 6.45) is -1.05. The Labute approximate surface area is 130 Å². The van der Waals surface area contributed by atoms with Crippen LogP contribution in [0.25, 0.3) is 11.5 Å². The van der Waals surface area contributed by atoms with Crippen molar-refractivity contribution in [1.82, 2.24) is 9.88 Å². The molecule has 1 aliphatic heterocycles. The predicted molar refractivity (Wildman–Crippen MR) is 76.3 cm³/mol. The number of hydrogen-bond acceptors (Lipinski definition) is 3. The predicted octanol–water partition coefficient (Wildman–Crippen LogP) is 3.14. The monoisotopic (exact) mass is 324 g/mol. The van der Waals surface area contributed by atoms with Crippen LogP contribution in [0, 0.1) is 11.7 Å². The summed E-state index contributed by atoms with van der Waals surface area (Å²) in [4.78, 5) is 17.8. The zero-order valence-corrected chi connectivity index (χ0v) is 12.2. The van der Waals surface area contributed by atoms with Crippen LogP contribution in [-0.4, -0.2) is 35.3 Å². The number of halogens is 3. The fraction of sp³-hybridized carbons (Fsp3) is 0.375. The smallest absolute Gasteiger partial charge is 0.239 e. The molecule has 2 heterocycles. The van der Waals surface area contributed by atoms with Crippen molar-refractivity contribution in [2.75, 3.05) is 13.1 Å². The zero-order valence-electron chi connectivity index (χ0n) is 12.2. The van der Waals surface area contributed by atoms with Crippen LogP contribution in [-0.2, 0) is 11.2 Å². The lowest BCUT2D eigenvalue weighted by Gasteiger charge is -2.39. The molecule has 0 N–H and O–H groups in total. The average Bonchev–Trinajstić information content (AvgIpc) is 2.91. The number of nitrogens with zero attached hydrogens (tertiary/aromatic N) is 2. The van der Waals surface area contributed by atoms with E-state index in [2.05, 4.69) is 4.98 Å². The van der Waals surface area contributed by atoms with Gasteiger partial charge in [0.25, 0.3) is 0 Å². The highest BCUT2D eigenvalue weighted by Gasteiger charge is 2.32. The summed E-state index contributed by atoms with van der Waals surface area (Å²) in [5.74, 6) is -0.320. The first kappa shape index (κ1) is 15.6. The van der Waals surface area contributed by atoms with Crippen LogP contribution in [0.15, 0.2) is 34.9 Å². The van der Waals surface area contributed by atoms with Gasteiger partial charge in [-0.15, -0.1) is 0 Å². The van der Waals surface area contributed by atoms with Crippen molar-refractivity contribution in [1.29, 1.82) is 0 Å². The maximum atomic E-state index is 12.9. The Balaban J connectivity index is 1.55. The van der Waals surface area contributed by atoms with Crippen LogP contribution >= 0.6 is 0 Å². The molecule has 0 bridgehead atoms. The fourth-order valence-corrected chi connectivity index (χ4v) is 2.55. The molecule has 23 heavy (non-hydrogen) atoms. The lowest BCUT2D eigenvalue weighted by Crippen LogP contribution is -2.51. The molecule has 3 rings (SSSR count). The number of aromatic nitrogens is 1. The van der Waals surface area contributed by atoms with Crippen molar-refractivity contribution in [3.8, 4) is 11.5 Å². The summed E-state index contributed by atoms with van der Waals surface area (Å²) in [6, 6.07) is 5.68. The number of amides is 1. The molecular formula is C16H15F3N2O2. The number of likely N-dealkylation sites (tertiary alicyclic amines) is 1. The minimum Gasteiger partial charge on any atom is -0.444 e. The van der Waals surface area contributed by atoms with Gasteiger partial charge in [0.1, 0.15) is 12.1 Å². The molecule has 0 atom stereocenters. The zero-order chi connectivity index (χ0) is 16.4. The van der Waals surface area contributed by atoms with Gasteiger partial charge in [-0.1, -0.05) is 0 Å². The minimum atomic E-state index is -2.33. The van der Waals surface area contributed by atoms with E-state index in [0.29, 0.717) is 30.2 Å². The van der Waals surface area contributed by atoms with E-state index in [-0.39, 0.29) is 30.5 Å². The average molecular weight is 324 g/mol. The van der Waals surface area contributed by atoms with Gasteiger partial charge < -0.3 is 9.32 Å². The maximum Gasteiger partial charge on any atom is 0.239 e. The highest BCUT2D eigenvalue weighted by Crippen LogP contribution is 2.24. The van der Waals surface area contributed by atoms with Gasteiger partial charge in [0.2, 0.25) is 18.2 Å². The summed E-state index contributed by atoms with van der Waals surface area (Å²) in [5, 5.41) is 0. The number of hydrogen-bond donors (Lipinski definition) is 0. The van der Waals surface area contributed by atoms with Crippen molar-refractivity contribution in [2.24, 2.45) is 5.92 Å². The van der Waals surface area contributed by atoms with Crippen molar-refractivity contribution >= 4 is 5.91 Å². The SMILES string of the molecule is O=C(Cc1coc(-c2ccc(F)cc2)n1)N1CC(CC(F)F)C1. The van der Waals surface area contributed by atoms with Gasteiger partial charge >= 0.3 is 0 Å². The topological polar surface area (TPSA) is 46.3 Å². The second-order valence-electron chi connectivity index (χ2n) is 5.62. The van der Waals surface area contributed by atoms with E-state index >= 15 is 0 Å². The third-order valence-corrected chi connectivity index (χ3v) is 3.80. The van der Waals surface area contributed by atoms with Crippen molar-refractivity contribution < 1.29 is 22.4 Å². The van der Waals surface area contributed by atoms with E-state index in [1.165, 1.54) is 30.5 Å². The highest BCUT2D eigenvalue weighted by molar-refractivity contribution is 5.79. The molecule has 1 aliphatic rings. The molecule has 0 aliphatic carbocycles. The molecule has 0 unspecified atom stereocenters. The number of benzene rings is 1. The number of carbonyl (C=O) groups is 1. The van der Waals surface area contributed by atoms with E-state index in [0.717, 1.165) is 0 Å². The first-order chi connectivity index (χ1) is 11.0. The molecule has 0 spiro atoms. The Morgan fingerprint density at radius 2 is 2.00 bits per heavy atom. The molecule has 1 amide bonds. The first-order valence-corrected chi connectivity index (χ1v) is 7.27. The van der Waals surface area contributed by atoms with Crippen LogP contribution in [0.5, 0.6) is 0 Å². The summed E-state index contributed by atoms with van der Waals surface area (Å²) < 4.78 is 42.6. The minimum absolute atomic E-state index is 0.0616. The second kappa shape index (κ2) is 6.44. The normalized spacial score (nSPS) is 15.0. The second-order valence-corrected chi connectivity index (χ2v) is 5.62. The number of carbonyl (C=O) groups excluding carboxylic acids is 1. The largest absolute Gasteiger partial charge is 0.444 e. The third kappa shape index (κ3) is 3.72. The molecule has 1 fully saturated rings. The standard InChI is InChI=1S/C16H15F3N2O2/c17-12-3-1-11(2-4-12)16-20-13(9-23-16)6-15(22)21-7-10(8-21)5-14(18)19/h1-4,9-10,14H,5-8H2. The van der Waals surface area contributed by atoms with Gasteiger partial charge in [0.15, 0.2) is 0 Å². The first-order valence-electron chi connectivity index (χ1n) is 7.27. The summed E-state index contributed by atoms with van der Waals surface area (Å²) in [7, 11) is 0. The van der Waals surface area contributed by atoms with Crippen LogP contribution < -0.4 is 0 Å². The van der Waals surface area contributed by atoms with Gasteiger partial charge in [0.05, 0.1) is 12.1 Å². The van der Waals surface area contributed by atoms with Crippen molar-refractivity contribution in [3.63, 3.8) is 0 Å². The molecule has 1 aromatic carbocycles. The van der Waals surface area contributed by atoms with Crippen LogP contribution in [0.3, 0.4) is 0 Å². The lowest BCUT2D eigenvalue weighted by molar-refractivity contribution is -0.137. The Morgan fingerprint density at radius 1 is 1.30 bits per heavy atom. The van der Waals surface area contributed by atoms with Gasteiger partial charge in [-0.25, -0.2) is 18.2 Å². The van der Waals surface area contributed by atoms with Crippen LogP contribution in [0.2, 0.25) is 0 Å². The Kier molecular flexibility index (Phi) is 4.36. The van der Waals surface area contributed by atoms with Gasteiger partial charge in [-0.05, 0) is 30.2 Å². The molecule has 0 radical (unpaired) electrons. The van der Waals surface area contributed by atoms with Gasteiger partial charge in [0, 0.05) is 25.1 Å². The van der Waals surface area contributed by atoms with Crippen LogP contribution in [0.1, 0.15) is 12.1 Å².